The minimum atomic E-state index is 0.00279. The Kier molecular flexibility index (Phi) is 6.23. The average molecular weight is 292 g/mol. The minimum absolute atomic E-state index is 0.00279. The van der Waals surface area contributed by atoms with Gasteiger partial charge in [-0.2, -0.15) is 5.10 Å². The molecule has 0 aromatic carbocycles. The van der Waals surface area contributed by atoms with Crippen LogP contribution in [-0.2, 0) is 6.54 Å². The topological polar surface area (TPSA) is 50.2 Å². The van der Waals surface area contributed by atoms with Crippen molar-refractivity contribution in [1.82, 2.24) is 15.1 Å². The van der Waals surface area contributed by atoms with Crippen LogP contribution in [0.4, 0.5) is 5.69 Å². The molecule has 1 saturated heterocycles. The number of nitrogens with zero attached hydrogens (tertiary/aromatic N) is 3. The molecule has 1 aliphatic rings. The van der Waals surface area contributed by atoms with Crippen LogP contribution in [0.1, 0.15) is 39.5 Å². The first-order chi connectivity index (χ1) is 10.2. The molecule has 5 heteroatoms. The van der Waals surface area contributed by atoms with E-state index in [1.54, 1.807) is 10.7 Å². The molecule has 0 aliphatic carbocycles. The van der Waals surface area contributed by atoms with Crippen molar-refractivity contribution in [2.24, 2.45) is 5.92 Å². The van der Waals surface area contributed by atoms with E-state index in [0.717, 1.165) is 31.9 Å². The number of hydrogen-bond donors (Lipinski definition) is 1. The van der Waals surface area contributed by atoms with E-state index in [-0.39, 0.29) is 5.56 Å². The maximum atomic E-state index is 12.1. The molecular formula is C16H28N4O. The third kappa shape index (κ3) is 4.84. The predicted octanol–water partition coefficient (Wildman–Crippen LogP) is 1.87. The summed E-state index contributed by atoms with van der Waals surface area (Å²) in [6, 6.07) is 1.73. The largest absolute Gasteiger partial charge is 0.370 e. The molecule has 0 spiro atoms. The molecule has 1 atom stereocenters. The molecule has 2 heterocycles. The Morgan fingerprint density at radius 1 is 1.43 bits per heavy atom. The Labute approximate surface area is 127 Å². The van der Waals surface area contributed by atoms with Crippen molar-refractivity contribution in [3.05, 3.63) is 22.6 Å². The van der Waals surface area contributed by atoms with Crippen molar-refractivity contribution in [2.75, 3.05) is 31.1 Å². The average Bonchev–Trinajstić information content (AvgIpc) is 2.48. The van der Waals surface area contributed by atoms with Crippen LogP contribution >= 0.6 is 0 Å². The molecule has 2 rings (SSSR count). The molecule has 1 aromatic rings. The SMILES string of the molecule is CCCCNCCn1ncc(N2CCCC(C)C2)cc1=O. The number of rotatable bonds is 7. The van der Waals surface area contributed by atoms with E-state index < -0.39 is 0 Å². The highest BCUT2D eigenvalue weighted by Crippen LogP contribution is 2.20. The third-order valence-corrected chi connectivity index (χ3v) is 4.08. The van der Waals surface area contributed by atoms with Gasteiger partial charge in [0.1, 0.15) is 0 Å². The summed E-state index contributed by atoms with van der Waals surface area (Å²) < 4.78 is 1.55. The van der Waals surface area contributed by atoms with Crippen LogP contribution in [0, 0.1) is 5.92 Å². The highest BCUT2D eigenvalue weighted by atomic mass is 16.1. The lowest BCUT2D eigenvalue weighted by molar-refractivity contribution is 0.445. The smallest absolute Gasteiger partial charge is 0.268 e. The van der Waals surface area contributed by atoms with Gasteiger partial charge in [0, 0.05) is 25.7 Å². The monoisotopic (exact) mass is 292 g/mol. The standard InChI is InChI=1S/C16H28N4O/c1-3-4-7-17-8-10-20-16(21)11-15(12-18-20)19-9-5-6-14(2)13-19/h11-12,14,17H,3-10,13H2,1-2H3. The first kappa shape index (κ1) is 16.0. The quantitative estimate of drug-likeness (QED) is 0.780. The van der Waals surface area contributed by atoms with Gasteiger partial charge in [-0.15, -0.1) is 0 Å². The number of piperidine rings is 1. The highest BCUT2D eigenvalue weighted by Gasteiger charge is 2.17. The van der Waals surface area contributed by atoms with Crippen LogP contribution in [-0.4, -0.2) is 36.0 Å². The molecule has 1 unspecified atom stereocenters. The van der Waals surface area contributed by atoms with Gasteiger partial charge in [-0.25, -0.2) is 4.68 Å². The summed E-state index contributed by atoms with van der Waals surface area (Å²) in [7, 11) is 0. The normalized spacial score (nSPS) is 19.0. The molecule has 118 valence electrons. The van der Waals surface area contributed by atoms with Crippen molar-refractivity contribution < 1.29 is 0 Å². The summed E-state index contributed by atoms with van der Waals surface area (Å²) >= 11 is 0. The molecule has 1 fully saturated rings. The van der Waals surface area contributed by atoms with Gasteiger partial charge in [-0.1, -0.05) is 20.3 Å². The molecule has 0 amide bonds. The lowest BCUT2D eigenvalue weighted by Crippen LogP contribution is -2.36. The van der Waals surface area contributed by atoms with Crippen LogP contribution in [0.5, 0.6) is 0 Å². The van der Waals surface area contributed by atoms with Gasteiger partial charge in [0.2, 0.25) is 0 Å². The van der Waals surface area contributed by atoms with Crippen molar-refractivity contribution in [1.29, 1.82) is 0 Å². The minimum Gasteiger partial charge on any atom is -0.370 e. The maximum absolute atomic E-state index is 12.1. The van der Waals surface area contributed by atoms with E-state index in [4.69, 9.17) is 0 Å². The third-order valence-electron chi connectivity index (χ3n) is 4.08. The van der Waals surface area contributed by atoms with Crippen molar-refractivity contribution in [3.8, 4) is 0 Å². The van der Waals surface area contributed by atoms with Crippen LogP contribution in [0.3, 0.4) is 0 Å². The molecule has 0 bridgehead atoms. The molecule has 1 aromatic heterocycles. The fraction of sp³-hybridized carbons (Fsp3) is 0.750. The maximum Gasteiger partial charge on any atom is 0.268 e. The van der Waals surface area contributed by atoms with Crippen LogP contribution < -0.4 is 15.8 Å². The van der Waals surface area contributed by atoms with Gasteiger partial charge in [0.05, 0.1) is 18.4 Å². The van der Waals surface area contributed by atoms with Crippen molar-refractivity contribution in [2.45, 2.75) is 46.1 Å². The van der Waals surface area contributed by atoms with Crippen LogP contribution in [0.2, 0.25) is 0 Å². The van der Waals surface area contributed by atoms with E-state index in [1.165, 1.54) is 25.7 Å². The Balaban J connectivity index is 1.89. The Morgan fingerprint density at radius 3 is 3.00 bits per heavy atom. The molecule has 21 heavy (non-hydrogen) atoms. The summed E-state index contributed by atoms with van der Waals surface area (Å²) in [6.45, 7) is 8.95. The second-order valence-electron chi connectivity index (χ2n) is 6.07. The number of unbranched alkanes of at least 4 members (excludes halogenated alkanes) is 1. The zero-order valence-electron chi connectivity index (χ0n) is 13.3. The van der Waals surface area contributed by atoms with E-state index in [2.05, 4.69) is 29.2 Å². The van der Waals surface area contributed by atoms with E-state index in [0.29, 0.717) is 12.5 Å². The van der Waals surface area contributed by atoms with Gasteiger partial charge in [0.25, 0.3) is 5.56 Å². The summed E-state index contributed by atoms with van der Waals surface area (Å²) in [5, 5.41) is 7.65. The number of anilines is 1. The number of nitrogens with one attached hydrogen (secondary N) is 1. The molecule has 1 aliphatic heterocycles. The summed E-state index contributed by atoms with van der Waals surface area (Å²) in [5.41, 5.74) is 0.977. The lowest BCUT2D eigenvalue weighted by atomic mass is 10.00. The second kappa shape index (κ2) is 8.17. The fourth-order valence-electron chi connectivity index (χ4n) is 2.80. The zero-order valence-corrected chi connectivity index (χ0v) is 13.3. The second-order valence-corrected chi connectivity index (χ2v) is 6.07. The predicted molar refractivity (Wildman–Crippen MR) is 86.9 cm³/mol. The van der Waals surface area contributed by atoms with Gasteiger partial charge >= 0.3 is 0 Å². The number of hydrogen-bond acceptors (Lipinski definition) is 4. The molecule has 0 radical (unpaired) electrons. The molecule has 0 saturated carbocycles. The Hall–Kier alpha value is -1.36. The molecule has 1 N–H and O–H groups in total. The first-order valence-corrected chi connectivity index (χ1v) is 8.23. The van der Waals surface area contributed by atoms with Gasteiger partial charge in [0.15, 0.2) is 0 Å². The fourth-order valence-corrected chi connectivity index (χ4v) is 2.80. The van der Waals surface area contributed by atoms with Crippen LogP contribution in [0.15, 0.2) is 17.1 Å². The first-order valence-electron chi connectivity index (χ1n) is 8.23. The summed E-state index contributed by atoms with van der Waals surface area (Å²) in [5.74, 6) is 0.698. The Morgan fingerprint density at radius 2 is 2.29 bits per heavy atom. The summed E-state index contributed by atoms with van der Waals surface area (Å²) in [6.07, 6.45) is 6.68. The zero-order chi connectivity index (χ0) is 15.1. The Bertz CT molecular complexity index is 485. The van der Waals surface area contributed by atoms with Gasteiger partial charge < -0.3 is 10.2 Å². The van der Waals surface area contributed by atoms with Crippen LogP contribution in [0.25, 0.3) is 0 Å². The molecular weight excluding hydrogens is 264 g/mol. The number of aromatic nitrogens is 2. The van der Waals surface area contributed by atoms with Gasteiger partial charge in [-0.3, -0.25) is 4.79 Å². The van der Waals surface area contributed by atoms with E-state index in [9.17, 15) is 4.79 Å². The summed E-state index contributed by atoms with van der Waals surface area (Å²) in [4.78, 5) is 14.4. The molecule has 5 nitrogen and oxygen atoms in total. The van der Waals surface area contributed by atoms with E-state index in [1.807, 2.05) is 6.20 Å². The van der Waals surface area contributed by atoms with E-state index >= 15 is 0 Å². The van der Waals surface area contributed by atoms with Crippen molar-refractivity contribution in [3.63, 3.8) is 0 Å². The van der Waals surface area contributed by atoms with Gasteiger partial charge in [-0.05, 0) is 31.7 Å². The van der Waals surface area contributed by atoms with Crippen molar-refractivity contribution >= 4 is 5.69 Å². The highest BCUT2D eigenvalue weighted by molar-refractivity contribution is 5.43. The lowest BCUT2D eigenvalue weighted by Gasteiger charge is -2.32.